The molecular weight excluding hydrogens is 512 g/mol. The molecule has 0 heterocycles. The molecule has 3 aromatic rings. The van der Waals surface area contributed by atoms with Gasteiger partial charge in [0.15, 0.2) is 5.96 Å². The largest absolute Gasteiger partial charge is 0.370 e. The molecule has 3 unspecified atom stereocenters. The van der Waals surface area contributed by atoms with E-state index in [2.05, 4.69) is 20.9 Å². The molecule has 7 N–H and O–H groups in total. The average Bonchev–Trinajstić information content (AvgIpc) is 3.01. The molecule has 0 radical (unpaired) electrons. The minimum Gasteiger partial charge on any atom is -0.370 e. The lowest BCUT2D eigenvalue weighted by atomic mass is 9.81. The number of hydrogen-bond acceptors (Lipinski definition) is 4. The van der Waals surface area contributed by atoms with Crippen molar-refractivity contribution in [3.8, 4) is 0 Å². The molecule has 0 aromatic heterocycles. The fourth-order valence-corrected chi connectivity index (χ4v) is 5.46. The highest BCUT2D eigenvalue weighted by molar-refractivity contribution is 5.95. The Balaban J connectivity index is 1.27. The zero-order valence-corrected chi connectivity index (χ0v) is 23.6. The van der Waals surface area contributed by atoms with Crippen molar-refractivity contribution < 1.29 is 9.59 Å². The van der Waals surface area contributed by atoms with E-state index >= 15 is 0 Å². The second kappa shape index (κ2) is 15.6. The topological polar surface area (TPSA) is 135 Å². The van der Waals surface area contributed by atoms with Crippen LogP contribution in [0.4, 0.5) is 4.79 Å². The van der Waals surface area contributed by atoms with Crippen LogP contribution in [0, 0.1) is 11.8 Å². The number of hydrogen-bond donors (Lipinski definition) is 5. The quantitative estimate of drug-likeness (QED) is 0.179. The van der Waals surface area contributed by atoms with Crippen molar-refractivity contribution in [3.63, 3.8) is 0 Å². The van der Waals surface area contributed by atoms with E-state index in [4.69, 9.17) is 11.5 Å². The lowest BCUT2D eigenvalue weighted by Gasteiger charge is -2.28. The number of amides is 3. The van der Waals surface area contributed by atoms with Crippen molar-refractivity contribution in [2.75, 3.05) is 13.1 Å². The first-order chi connectivity index (χ1) is 20.0. The Morgan fingerprint density at radius 2 is 1.54 bits per heavy atom. The first-order valence-electron chi connectivity index (χ1n) is 14.5. The number of urea groups is 1. The SMILES string of the molecule is NCC1CCCC(CNC(=O)NC(N)=NCc2cccc(CNC(=O)C(Cc3ccccc3)c3ccccc3)c2)C1. The molecule has 1 saturated carbocycles. The minimum atomic E-state index is -0.346. The van der Waals surface area contributed by atoms with Gasteiger partial charge < -0.3 is 22.1 Å². The molecular formula is C33H42N6O2. The summed E-state index contributed by atoms with van der Waals surface area (Å²) in [6.07, 6.45) is 5.12. The summed E-state index contributed by atoms with van der Waals surface area (Å²) in [6, 6.07) is 27.4. The van der Waals surface area contributed by atoms with Gasteiger partial charge in [0, 0.05) is 13.1 Å². The summed E-state index contributed by atoms with van der Waals surface area (Å²) in [4.78, 5) is 29.9. The van der Waals surface area contributed by atoms with Crippen molar-refractivity contribution in [3.05, 3.63) is 107 Å². The Bertz CT molecular complexity index is 1280. The van der Waals surface area contributed by atoms with Crippen LogP contribution in [0.2, 0.25) is 0 Å². The van der Waals surface area contributed by atoms with E-state index in [1.165, 1.54) is 6.42 Å². The number of carbonyl (C=O) groups excluding carboxylic acids is 2. The summed E-state index contributed by atoms with van der Waals surface area (Å²) in [5.74, 6) is 0.759. The van der Waals surface area contributed by atoms with Gasteiger partial charge in [-0.3, -0.25) is 10.1 Å². The average molecular weight is 555 g/mol. The number of benzene rings is 3. The zero-order valence-electron chi connectivity index (χ0n) is 23.6. The smallest absolute Gasteiger partial charge is 0.321 e. The molecule has 216 valence electrons. The van der Waals surface area contributed by atoms with Crippen LogP contribution in [0.5, 0.6) is 0 Å². The number of aliphatic imine (C=N–C) groups is 1. The maximum atomic E-state index is 13.3. The maximum absolute atomic E-state index is 13.3. The summed E-state index contributed by atoms with van der Waals surface area (Å²) in [6.45, 7) is 2.03. The first-order valence-corrected chi connectivity index (χ1v) is 14.5. The number of rotatable bonds is 11. The molecule has 41 heavy (non-hydrogen) atoms. The van der Waals surface area contributed by atoms with Gasteiger partial charge >= 0.3 is 6.03 Å². The fraction of sp³-hybridized carbons (Fsp3) is 0.364. The standard InChI is InChI=1S/C33H42N6O2/c34-20-25-11-7-12-26(17-25)23-38-33(41)39-32(35)37-22-28-14-8-13-27(18-28)21-36-31(40)30(29-15-5-2-6-16-29)19-24-9-3-1-4-10-24/h1-6,8-10,13-16,18,25-26,30H,7,11-12,17,19-23,34H2,(H,36,40)(H4,35,37,38,39,41). The van der Waals surface area contributed by atoms with Gasteiger partial charge in [-0.15, -0.1) is 0 Å². The van der Waals surface area contributed by atoms with Gasteiger partial charge in [-0.2, -0.15) is 0 Å². The lowest BCUT2D eigenvalue weighted by Crippen LogP contribution is -2.45. The fourth-order valence-electron chi connectivity index (χ4n) is 5.46. The van der Waals surface area contributed by atoms with Crippen LogP contribution in [0.25, 0.3) is 0 Å². The molecule has 1 aliphatic rings. The van der Waals surface area contributed by atoms with Crippen molar-refractivity contribution >= 4 is 17.9 Å². The summed E-state index contributed by atoms with van der Waals surface area (Å²) >= 11 is 0. The van der Waals surface area contributed by atoms with Gasteiger partial charge in [0.2, 0.25) is 5.91 Å². The zero-order chi connectivity index (χ0) is 28.9. The van der Waals surface area contributed by atoms with Gasteiger partial charge in [-0.1, -0.05) is 91.3 Å². The van der Waals surface area contributed by atoms with Crippen molar-refractivity contribution in [1.29, 1.82) is 0 Å². The molecule has 3 aromatic carbocycles. The van der Waals surface area contributed by atoms with E-state index in [0.29, 0.717) is 44.4 Å². The van der Waals surface area contributed by atoms with Crippen LogP contribution in [-0.2, 0) is 24.3 Å². The van der Waals surface area contributed by atoms with E-state index in [1.54, 1.807) is 0 Å². The third-order valence-electron chi connectivity index (χ3n) is 7.71. The molecule has 3 atom stereocenters. The highest BCUT2D eigenvalue weighted by Gasteiger charge is 2.22. The van der Waals surface area contributed by atoms with Gasteiger partial charge in [0.05, 0.1) is 12.5 Å². The Hall–Kier alpha value is -4.17. The number of nitrogens with two attached hydrogens (primary N) is 2. The molecule has 1 aliphatic carbocycles. The normalized spacial score (nSPS) is 17.8. The van der Waals surface area contributed by atoms with Crippen LogP contribution in [0.3, 0.4) is 0 Å². The van der Waals surface area contributed by atoms with Gasteiger partial charge in [-0.05, 0) is 66.3 Å². The summed E-state index contributed by atoms with van der Waals surface area (Å²) in [5, 5.41) is 8.63. The second-order valence-corrected chi connectivity index (χ2v) is 10.9. The number of nitrogens with one attached hydrogen (secondary N) is 3. The van der Waals surface area contributed by atoms with Crippen molar-refractivity contribution in [2.24, 2.45) is 28.3 Å². The molecule has 3 amide bonds. The molecule has 0 saturated heterocycles. The number of carbonyl (C=O) groups is 2. The highest BCUT2D eigenvalue weighted by Crippen LogP contribution is 2.27. The van der Waals surface area contributed by atoms with E-state index in [-0.39, 0.29) is 23.8 Å². The summed E-state index contributed by atoms with van der Waals surface area (Å²) < 4.78 is 0. The van der Waals surface area contributed by atoms with Crippen LogP contribution in [0.1, 0.15) is 53.9 Å². The molecule has 1 fully saturated rings. The third kappa shape index (κ3) is 9.76. The van der Waals surface area contributed by atoms with Gasteiger partial charge in [-0.25, -0.2) is 9.79 Å². The first kappa shape index (κ1) is 29.8. The van der Waals surface area contributed by atoms with Crippen molar-refractivity contribution in [1.82, 2.24) is 16.0 Å². The monoisotopic (exact) mass is 554 g/mol. The number of guanidine groups is 1. The highest BCUT2D eigenvalue weighted by atomic mass is 16.2. The molecule has 8 nitrogen and oxygen atoms in total. The molecule has 0 spiro atoms. The maximum Gasteiger partial charge on any atom is 0.321 e. The van der Waals surface area contributed by atoms with Crippen LogP contribution in [-0.4, -0.2) is 31.0 Å². The Labute approximate surface area is 243 Å². The Kier molecular flexibility index (Phi) is 11.3. The van der Waals surface area contributed by atoms with Crippen LogP contribution < -0.4 is 27.4 Å². The third-order valence-corrected chi connectivity index (χ3v) is 7.71. The van der Waals surface area contributed by atoms with Gasteiger partial charge in [0.1, 0.15) is 0 Å². The van der Waals surface area contributed by atoms with E-state index in [0.717, 1.165) is 41.5 Å². The van der Waals surface area contributed by atoms with Crippen LogP contribution >= 0.6 is 0 Å². The Morgan fingerprint density at radius 1 is 0.854 bits per heavy atom. The predicted octanol–water partition coefficient (Wildman–Crippen LogP) is 4.21. The van der Waals surface area contributed by atoms with Crippen molar-refractivity contribution in [2.45, 2.75) is 51.1 Å². The second-order valence-electron chi connectivity index (χ2n) is 10.9. The summed E-state index contributed by atoms with van der Waals surface area (Å²) in [5.41, 5.74) is 15.8. The molecule has 0 aliphatic heterocycles. The van der Waals surface area contributed by atoms with Crippen LogP contribution in [0.15, 0.2) is 89.9 Å². The molecule has 8 heteroatoms. The lowest BCUT2D eigenvalue weighted by molar-refractivity contribution is -0.122. The Morgan fingerprint density at radius 3 is 2.29 bits per heavy atom. The van der Waals surface area contributed by atoms with E-state index in [9.17, 15) is 9.59 Å². The van der Waals surface area contributed by atoms with E-state index < -0.39 is 0 Å². The minimum absolute atomic E-state index is 0.0188. The summed E-state index contributed by atoms with van der Waals surface area (Å²) in [7, 11) is 0. The predicted molar refractivity (Wildman–Crippen MR) is 164 cm³/mol. The van der Waals surface area contributed by atoms with E-state index in [1.807, 2.05) is 84.9 Å². The number of nitrogens with zero attached hydrogens (tertiary/aromatic N) is 1. The molecule has 4 rings (SSSR count). The van der Waals surface area contributed by atoms with Gasteiger partial charge in [0.25, 0.3) is 0 Å². The molecule has 0 bridgehead atoms.